The molecule has 0 amide bonds. The van der Waals surface area contributed by atoms with Gasteiger partial charge < -0.3 is 5.32 Å². The molecule has 2 heterocycles. The van der Waals surface area contributed by atoms with Gasteiger partial charge in [0.05, 0.1) is 0 Å². The first-order chi connectivity index (χ1) is 9.28. The van der Waals surface area contributed by atoms with E-state index in [1.54, 1.807) is 0 Å². The van der Waals surface area contributed by atoms with Crippen LogP contribution in [0.15, 0.2) is 0 Å². The average Bonchev–Trinajstić information content (AvgIpc) is 2.74. The third-order valence-electron chi connectivity index (χ3n) is 5.02. The second kappa shape index (κ2) is 6.33. The van der Waals surface area contributed by atoms with E-state index in [1.165, 1.54) is 32.5 Å². The highest BCUT2D eigenvalue weighted by molar-refractivity contribution is 4.94. The van der Waals surface area contributed by atoms with Crippen LogP contribution in [0.3, 0.4) is 0 Å². The molecule has 0 saturated carbocycles. The third-order valence-corrected chi connectivity index (χ3v) is 5.02. The van der Waals surface area contributed by atoms with Gasteiger partial charge in [-0.25, -0.2) is 0 Å². The van der Waals surface area contributed by atoms with E-state index < -0.39 is 0 Å². The van der Waals surface area contributed by atoms with Crippen LogP contribution in [0, 0.1) is 5.92 Å². The zero-order chi connectivity index (χ0) is 14.9. The average molecular weight is 281 g/mol. The molecular weight excluding hydrogens is 246 g/mol. The minimum absolute atomic E-state index is 0.214. The molecule has 2 saturated heterocycles. The highest BCUT2D eigenvalue weighted by Gasteiger charge is 2.38. The first-order valence-corrected chi connectivity index (χ1v) is 8.53. The fraction of sp³-hybridized carbons (Fsp3) is 1.00. The quantitative estimate of drug-likeness (QED) is 0.854. The van der Waals surface area contributed by atoms with Gasteiger partial charge in [-0.3, -0.25) is 9.80 Å². The lowest BCUT2D eigenvalue weighted by atomic mass is 9.96. The Labute approximate surface area is 126 Å². The molecule has 3 nitrogen and oxygen atoms in total. The smallest absolute Gasteiger partial charge is 0.0247 e. The van der Waals surface area contributed by atoms with Crippen molar-refractivity contribution in [3.05, 3.63) is 0 Å². The normalized spacial score (nSPS) is 30.8. The predicted molar refractivity (Wildman–Crippen MR) is 87.1 cm³/mol. The van der Waals surface area contributed by atoms with E-state index >= 15 is 0 Å². The van der Waals surface area contributed by atoms with Gasteiger partial charge in [-0.2, -0.15) is 0 Å². The molecule has 3 unspecified atom stereocenters. The van der Waals surface area contributed by atoms with E-state index in [9.17, 15) is 0 Å². The van der Waals surface area contributed by atoms with Crippen molar-refractivity contribution >= 4 is 0 Å². The van der Waals surface area contributed by atoms with E-state index in [4.69, 9.17) is 0 Å². The Morgan fingerprint density at radius 2 is 1.90 bits per heavy atom. The topological polar surface area (TPSA) is 18.5 Å². The zero-order valence-electron chi connectivity index (χ0n) is 14.4. The van der Waals surface area contributed by atoms with Gasteiger partial charge in [-0.15, -0.1) is 0 Å². The molecule has 0 aromatic rings. The Morgan fingerprint density at radius 1 is 1.20 bits per heavy atom. The van der Waals surface area contributed by atoms with E-state index in [2.05, 4.69) is 56.7 Å². The van der Waals surface area contributed by atoms with Crippen LogP contribution in [-0.4, -0.2) is 59.6 Å². The number of rotatable bonds is 4. The molecule has 2 fully saturated rings. The van der Waals surface area contributed by atoms with E-state index in [1.807, 2.05) is 0 Å². The van der Waals surface area contributed by atoms with Gasteiger partial charge in [0.2, 0.25) is 0 Å². The molecular formula is C17H35N3. The molecule has 0 aromatic heterocycles. The van der Waals surface area contributed by atoms with Crippen molar-refractivity contribution in [1.29, 1.82) is 0 Å². The van der Waals surface area contributed by atoms with E-state index in [-0.39, 0.29) is 5.54 Å². The minimum Gasteiger partial charge on any atom is -0.311 e. The van der Waals surface area contributed by atoms with Crippen LogP contribution in [0.1, 0.15) is 54.4 Å². The molecule has 0 bridgehead atoms. The van der Waals surface area contributed by atoms with Gasteiger partial charge in [0.25, 0.3) is 0 Å². The molecule has 3 heteroatoms. The summed E-state index contributed by atoms with van der Waals surface area (Å²) in [4.78, 5) is 5.51. The van der Waals surface area contributed by atoms with Crippen molar-refractivity contribution in [1.82, 2.24) is 15.1 Å². The van der Waals surface area contributed by atoms with Gasteiger partial charge in [0.15, 0.2) is 0 Å². The number of hydrogen-bond acceptors (Lipinski definition) is 3. The highest BCUT2D eigenvalue weighted by atomic mass is 15.3. The summed E-state index contributed by atoms with van der Waals surface area (Å²) in [5, 5.41) is 3.73. The van der Waals surface area contributed by atoms with Crippen LogP contribution in [0.25, 0.3) is 0 Å². The highest BCUT2D eigenvalue weighted by Crippen LogP contribution is 2.27. The standard InChI is InChI=1S/C17H35N3/c1-13(2)16(10-18-17(4,5)6)20-12-15-8-7-9-19(15)11-14(20)3/h13-16,18H,7-12H2,1-6H3. The summed E-state index contributed by atoms with van der Waals surface area (Å²) in [6, 6.07) is 2.17. The number of nitrogens with zero attached hydrogens (tertiary/aromatic N) is 2. The second-order valence-electron chi connectivity index (χ2n) is 8.28. The Hall–Kier alpha value is -0.120. The second-order valence-corrected chi connectivity index (χ2v) is 8.28. The van der Waals surface area contributed by atoms with Crippen molar-refractivity contribution in [2.45, 2.75) is 78.0 Å². The summed E-state index contributed by atoms with van der Waals surface area (Å²) in [5.41, 5.74) is 0.214. The number of piperazine rings is 1. The van der Waals surface area contributed by atoms with E-state index in [0.717, 1.165) is 12.6 Å². The van der Waals surface area contributed by atoms with Crippen molar-refractivity contribution < 1.29 is 0 Å². The van der Waals surface area contributed by atoms with Crippen molar-refractivity contribution in [2.24, 2.45) is 5.92 Å². The SMILES string of the molecule is CC(C)C(CNC(C)(C)C)N1CC2CCCN2CC1C. The third kappa shape index (κ3) is 3.96. The van der Waals surface area contributed by atoms with Gasteiger partial charge in [0.1, 0.15) is 0 Å². The summed E-state index contributed by atoms with van der Waals surface area (Å²) < 4.78 is 0. The maximum Gasteiger partial charge on any atom is 0.0247 e. The maximum atomic E-state index is 3.73. The predicted octanol–water partition coefficient (Wildman–Crippen LogP) is 2.57. The largest absolute Gasteiger partial charge is 0.311 e. The lowest BCUT2D eigenvalue weighted by molar-refractivity contribution is 0.0115. The van der Waals surface area contributed by atoms with Crippen LogP contribution in [0.2, 0.25) is 0 Å². The van der Waals surface area contributed by atoms with E-state index in [0.29, 0.717) is 18.0 Å². The molecule has 2 rings (SSSR count). The number of hydrogen-bond donors (Lipinski definition) is 1. The fourth-order valence-corrected chi connectivity index (χ4v) is 3.82. The first-order valence-electron chi connectivity index (χ1n) is 8.53. The molecule has 0 aliphatic carbocycles. The summed E-state index contributed by atoms with van der Waals surface area (Å²) in [7, 11) is 0. The molecule has 118 valence electrons. The summed E-state index contributed by atoms with van der Waals surface area (Å²) >= 11 is 0. The Bertz CT molecular complexity index is 308. The molecule has 2 aliphatic rings. The van der Waals surface area contributed by atoms with Crippen molar-refractivity contribution in [3.8, 4) is 0 Å². The monoisotopic (exact) mass is 281 g/mol. The van der Waals surface area contributed by atoms with Gasteiger partial charge in [-0.05, 0) is 53.0 Å². The molecule has 20 heavy (non-hydrogen) atoms. The number of nitrogens with one attached hydrogen (secondary N) is 1. The summed E-state index contributed by atoms with van der Waals surface area (Å²) in [5.74, 6) is 0.709. The van der Waals surface area contributed by atoms with Gasteiger partial charge in [0, 0.05) is 43.3 Å². The Balaban J connectivity index is 2.00. The molecule has 0 radical (unpaired) electrons. The van der Waals surface area contributed by atoms with Crippen molar-refractivity contribution in [2.75, 3.05) is 26.2 Å². The van der Waals surface area contributed by atoms with Crippen LogP contribution in [-0.2, 0) is 0 Å². The Kier molecular flexibility index (Phi) is 5.14. The molecule has 0 aromatic carbocycles. The molecule has 2 aliphatic heterocycles. The first kappa shape index (κ1) is 16.3. The minimum atomic E-state index is 0.214. The summed E-state index contributed by atoms with van der Waals surface area (Å²) in [6.07, 6.45) is 2.80. The summed E-state index contributed by atoms with van der Waals surface area (Å²) in [6.45, 7) is 19.0. The van der Waals surface area contributed by atoms with Crippen LogP contribution in [0.5, 0.6) is 0 Å². The lowest BCUT2D eigenvalue weighted by Gasteiger charge is -2.48. The lowest BCUT2D eigenvalue weighted by Crippen LogP contribution is -2.61. The number of fused-ring (bicyclic) bond motifs is 1. The molecule has 1 N–H and O–H groups in total. The maximum absolute atomic E-state index is 3.73. The van der Waals surface area contributed by atoms with Crippen LogP contribution >= 0.6 is 0 Å². The van der Waals surface area contributed by atoms with Gasteiger partial charge in [-0.1, -0.05) is 13.8 Å². The van der Waals surface area contributed by atoms with Crippen LogP contribution < -0.4 is 5.32 Å². The fourth-order valence-electron chi connectivity index (χ4n) is 3.82. The van der Waals surface area contributed by atoms with Gasteiger partial charge >= 0.3 is 0 Å². The molecule has 3 atom stereocenters. The zero-order valence-corrected chi connectivity index (χ0v) is 14.4. The van der Waals surface area contributed by atoms with Crippen molar-refractivity contribution in [3.63, 3.8) is 0 Å². The Morgan fingerprint density at radius 3 is 2.50 bits per heavy atom. The van der Waals surface area contributed by atoms with Crippen LogP contribution in [0.4, 0.5) is 0 Å². The molecule has 0 spiro atoms.